The van der Waals surface area contributed by atoms with Crippen molar-refractivity contribution in [1.82, 2.24) is 4.98 Å². The third-order valence-corrected chi connectivity index (χ3v) is 4.29. The third-order valence-electron chi connectivity index (χ3n) is 4.06. The lowest BCUT2D eigenvalue weighted by molar-refractivity contribution is -0.384. The van der Waals surface area contributed by atoms with E-state index in [9.17, 15) is 14.9 Å². The smallest absolute Gasteiger partial charge is 0.269 e. The summed E-state index contributed by atoms with van der Waals surface area (Å²) in [5.74, 6) is 0.0279. The van der Waals surface area contributed by atoms with Gasteiger partial charge < -0.3 is 9.73 Å². The van der Waals surface area contributed by atoms with E-state index in [0.29, 0.717) is 38.8 Å². The Morgan fingerprint density at radius 1 is 1.07 bits per heavy atom. The van der Waals surface area contributed by atoms with Crippen LogP contribution in [0, 0.1) is 10.1 Å². The third kappa shape index (κ3) is 3.56. The van der Waals surface area contributed by atoms with Crippen molar-refractivity contribution in [2.75, 3.05) is 5.32 Å². The number of carbonyl (C=O) groups excluding carboxylic acids is 1. The molecule has 0 saturated heterocycles. The van der Waals surface area contributed by atoms with Crippen molar-refractivity contribution in [2.24, 2.45) is 0 Å². The van der Waals surface area contributed by atoms with Gasteiger partial charge in [0.1, 0.15) is 5.52 Å². The van der Waals surface area contributed by atoms with Crippen LogP contribution in [0.2, 0.25) is 5.02 Å². The Morgan fingerprint density at radius 2 is 1.86 bits per heavy atom. The summed E-state index contributed by atoms with van der Waals surface area (Å²) >= 11 is 5.98. The predicted molar refractivity (Wildman–Crippen MR) is 106 cm³/mol. The molecule has 0 bridgehead atoms. The normalized spacial score (nSPS) is 10.8. The molecule has 4 rings (SSSR count). The molecule has 1 heterocycles. The summed E-state index contributed by atoms with van der Waals surface area (Å²) < 4.78 is 5.74. The first-order valence-electron chi connectivity index (χ1n) is 8.22. The molecule has 0 spiro atoms. The molecule has 1 N–H and O–H groups in total. The standard InChI is InChI=1S/C20H12ClN3O4/c21-14-6-9-18-17(11-14)23-20(28-18)13-2-1-3-15(10-13)22-19(25)12-4-7-16(8-5-12)24(26)27/h1-11H,(H,22,25). The minimum absolute atomic E-state index is 0.0744. The summed E-state index contributed by atoms with van der Waals surface area (Å²) in [6.07, 6.45) is 0. The molecule has 0 aliphatic carbocycles. The van der Waals surface area contributed by atoms with E-state index in [1.165, 1.54) is 24.3 Å². The highest BCUT2D eigenvalue weighted by Gasteiger charge is 2.12. The van der Waals surface area contributed by atoms with Crippen molar-refractivity contribution in [3.05, 3.63) is 87.4 Å². The molecule has 0 aliphatic rings. The highest BCUT2D eigenvalue weighted by molar-refractivity contribution is 6.31. The largest absolute Gasteiger partial charge is 0.436 e. The van der Waals surface area contributed by atoms with E-state index in [1.807, 2.05) is 6.07 Å². The van der Waals surface area contributed by atoms with Gasteiger partial charge in [-0.3, -0.25) is 14.9 Å². The van der Waals surface area contributed by atoms with Gasteiger partial charge in [-0.25, -0.2) is 4.98 Å². The first-order chi connectivity index (χ1) is 13.5. The number of hydrogen-bond donors (Lipinski definition) is 1. The molecule has 0 atom stereocenters. The maximum absolute atomic E-state index is 12.4. The van der Waals surface area contributed by atoms with Crippen molar-refractivity contribution >= 4 is 40.0 Å². The van der Waals surface area contributed by atoms with Crippen molar-refractivity contribution in [2.45, 2.75) is 0 Å². The quantitative estimate of drug-likeness (QED) is 0.374. The highest BCUT2D eigenvalue weighted by atomic mass is 35.5. The van der Waals surface area contributed by atoms with E-state index in [0.717, 1.165) is 0 Å². The Morgan fingerprint density at radius 3 is 2.61 bits per heavy atom. The van der Waals surface area contributed by atoms with Gasteiger partial charge in [-0.1, -0.05) is 17.7 Å². The molecule has 28 heavy (non-hydrogen) atoms. The van der Waals surface area contributed by atoms with Crippen molar-refractivity contribution in [3.63, 3.8) is 0 Å². The van der Waals surface area contributed by atoms with Gasteiger partial charge in [-0.2, -0.15) is 0 Å². The minimum atomic E-state index is -0.515. The zero-order valence-electron chi connectivity index (χ0n) is 14.3. The van der Waals surface area contributed by atoms with E-state index in [1.54, 1.807) is 36.4 Å². The Hall–Kier alpha value is -3.71. The Labute approximate surface area is 163 Å². The predicted octanol–water partition coefficient (Wildman–Crippen LogP) is 5.31. The van der Waals surface area contributed by atoms with E-state index in [-0.39, 0.29) is 11.6 Å². The lowest BCUT2D eigenvalue weighted by Gasteiger charge is -2.06. The maximum Gasteiger partial charge on any atom is 0.269 e. The van der Waals surface area contributed by atoms with E-state index in [2.05, 4.69) is 10.3 Å². The number of fused-ring (bicyclic) bond motifs is 1. The van der Waals surface area contributed by atoms with Crippen LogP contribution < -0.4 is 5.32 Å². The average molecular weight is 394 g/mol. The van der Waals surface area contributed by atoms with Crippen LogP contribution in [0.4, 0.5) is 11.4 Å². The number of rotatable bonds is 4. The second-order valence-corrected chi connectivity index (χ2v) is 6.41. The Kier molecular flexibility index (Phi) is 4.50. The lowest BCUT2D eigenvalue weighted by atomic mass is 10.1. The zero-order valence-corrected chi connectivity index (χ0v) is 15.0. The van der Waals surface area contributed by atoms with Crippen LogP contribution in [0.25, 0.3) is 22.6 Å². The molecular weight excluding hydrogens is 382 g/mol. The molecule has 8 heteroatoms. The minimum Gasteiger partial charge on any atom is -0.436 e. The van der Waals surface area contributed by atoms with Gasteiger partial charge in [0, 0.05) is 34.0 Å². The summed E-state index contributed by atoms with van der Waals surface area (Å²) in [5, 5.41) is 14.0. The molecule has 3 aromatic carbocycles. The maximum atomic E-state index is 12.4. The summed E-state index contributed by atoms with van der Waals surface area (Å²) in [6.45, 7) is 0. The first kappa shape index (κ1) is 17.7. The van der Waals surface area contributed by atoms with Gasteiger partial charge in [0.15, 0.2) is 5.58 Å². The van der Waals surface area contributed by atoms with E-state index in [4.69, 9.17) is 16.0 Å². The Balaban J connectivity index is 1.57. The number of anilines is 1. The number of aromatic nitrogens is 1. The molecule has 0 unspecified atom stereocenters. The first-order valence-corrected chi connectivity index (χ1v) is 8.60. The van der Waals surface area contributed by atoms with Gasteiger partial charge in [-0.15, -0.1) is 0 Å². The van der Waals surface area contributed by atoms with E-state index >= 15 is 0 Å². The fourth-order valence-corrected chi connectivity index (χ4v) is 2.86. The highest BCUT2D eigenvalue weighted by Crippen LogP contribution is 2.28. The number of nitrogens with one attached hydrogen (secondary N) is 1. The average Bonchev–Trinajstić information content (AvgIpc) is 3.11. The summed E-state index contributed by atoms with van der Waals surface area (Å²) in [6, 6.07) is 17.6. The Bertz CT molecular complexity index is 1200. The molecule has 1 aromatic heterocycles. The number of carbonyl (C=O) groups is 1. The number of hydrogen-bond acceptors (Lipinski definition) is 5. The van der Waals surface area contributed by atoms with Crippen molar-refractivity contribution in [1.29, 1.82) is 0 Å². The number of nitro groups is 1. The van der Waals surface area contributed by atoms with Crippen LogP contribution in [-0.2, 0) is 0 Å². The van der Waals surface area contributed by atoms with Crippen LogP contribution >= 0.6 is 11.6 Å². The van der Waals surface area contributed by atoms with Crippen LogP contribution in [0.5, 0.6) is 0 Å². The molecule has 138 valence electrons. The number of nitrogens with zero attached hydrogens (tertiary/aromatic N) is 2. The van der Waals surface area contributed by atoms with Crippen LogP contribution in [-0.4, -0.2) is 15.8 Å². The number of benzene rings is 3. The second-order valence-electron chi connectivity index (χ2n) is 5.97. The fourth-order valence-electron chi connectivity index (χ4n) is 2.69. The van der Waals surface area contributed by atoms with Gasteiger partial charge in [0.2, 0.25) is 5.89 Å². The molecule has 0 aliphatic heterocycles. The summed E-state index contributed by atoms with van der Waals surface area (Å²) in [4.78, 5) is 27.0. The molecule has 0 fully saturated rings. The summed E-state index contributed by atoms with van der Waals surface area (Å²) in [5.41, 5.74) is 2.72. The molecule has 1 amide bonds. The summed E-state index contributed by atoms with van der Waals surface area (Å²) in [7, 11) is 0. The number of nitro benzene ring substituents is 1. The van der Waals surface area contributed by atoms with Crippen molar-refractivity contribution in [3.8, 4) is 11.5 Å². The van der Waals surface area contributed by atoms with E-state index < -0.39 is 4.92 Å². The molecule has 0 saturated carbocycles. The van der Waals surface area contributed by atoms with Crippen LogP contribution in [0.1, 0.15) is 10.4 Å². The van der Waals surface area contributed by atoms with Crippen LogP contribution in [0.15, 0.2) is 71.1 Å². The van der Waals surface area contributed by atoms with Gasteiger partial charge in [-0.05, 0) is 48.5 Å². The monoisotopic (exact) mass is 393 g/mol. The number of halogens is 1. The van der Waals surface area contributed by atoms with Gasteiger partial charge >= 0.3 is 0 Å². The molecular formula is C20H12ClN3O4. The van der Waals surface area contributed by atoms with Gasteiger partial charge in [0.05, 0.1) is 4.92 Å². The number of non-ortho nitro benzene ring substituents is 1. The second kappa shape index (κ2) is 7.13. The SMILES string of the molecule is O=C(Nc1cccc(-c2nc3cc(Cl)ccc3o2)c1)c1ccc([N+](=O)[O-])cc1. The molecule has 4 aromatic rings. The number of amides is 1. The topological polar surface area (TPSA) is 98.3 Å². The van der Waals surface area contributed by atoms with Crippen LogP contribution in [0.3, 0.4) is 0 Å². The fraction of sp³-hybridized carbons (Fsp3) is 0. The van der Waals surface area contributed by atoms with Crippen molar-refractivity contribution < 1.29 is 14.1 Å². The molecule has 7 nitrogen and oxygen atoms in total. The lowest BCUT2D eigenvalue weighted by Crippen LogP contribution is -2.11. The molecule has 0 radical (unpaired) electrons. The number of oxazole rings is 1. The zero-order chi connectivity index (χ0) is 19.7. The van der Waals surface area contributed by atoms with Gasteiger partial charge in [0.25, 0.3) is 11.6 Å².